The van der Waals surface area contributed by atoms with Gasteiger partial charge >= 0.3 is 0 Å². The zero-order valence-electron chi connectivity index (χ0n) is 13.3. The molecule has 0 radical (unpaired) electrons. The topological polar surface area (TPSA) is 70.8 Å². The number of carbonyl (C=O) groups excluding carboxylic acids is 2. The minimum Gasteiger partial charge on any atom is -0.336 e. The van der Waals surface area contributed by atoms with Gasteiger partial charge in [0.25, 0.3) is 5.91 Å². The highest BCUT2D eigenvalue weighted by molar-refractivity contribution is 6.04. The molecule has 0 aromatic carbocycles. The molecule has 2 aromatic heterocycles. The Bertz CT molecular complexity index is 799. The van der Waals surface area contributed by atoms with Crippen LogP contribution in [0.5, 0.6) is 0 Å². The second kappa shape index (κ2) is 5.04. The third-order valence-electron chi connectivity index (χ3n) is 4.96. The predicted octanol–water partition coefficient (Wildman–Crippen LogP) is 0.873. The normalized spacial score (nSPS) is 24.3. The summed E-state index contributed by atoms with van der Waals surface area (Å²) in [6.07, 6.45) is 3.62. The first-order chi connectivity index (χ1) is 11.1. The summed E-state index contributed by atoms with van der Waals surface area (Å²) in [7, 11) is 0. The molecule has 0 aliphatic carbocycles. The quantitative estimate of drug-likeness (QED) is 0.783. The van der Waals surface area contributed by atoms with E-state index >= 15 is 0 Å². The summed E-state index contributed by atoms with van der Waals surface area (Å²) in [6, 6.07) is 3.35. The molecule has 7 nitrogen and oxygen atoms in total. The van der Waals surface area contributed by atoms with Crippen LogP contribution in [0.25, 0.3) is 5.52 Å². The fourth-order valence-electron chi connectivity index (χ4n) is 3.75. The van der Waals surface area contributed by atoms with Gasteiger partial charge in [-0.2, -0.15) is 14.8 Å². The van der Waals surface area contributed by atoms with Gasteiger partial charge in [-0.15, -0.1) is 0 Å². The molecule has 120 valence electrons. The van der Waals surface area contributed by atoms with Crippen LogP contribution < -0.4 is 0 Å². The number of nitrogens with zero attached hydrogens (tertiary/aromatic N) is 5. The zero-order chi connectivity index (χ0) is 16.1. The van der Waals surface area contributed by atoms with Crippen molar-refractivity contribution in [1.29, 1.82) is 0 Å². The van der Waals surface area contributed by atoms with Gasteiger partial charge in [-0.3, -0.25) is 9.59 Å². The van der Waals surface area contributed by atoms with E-state index < -0.39 is 6.04 Å². The Balaban J connectivity index is 1.73. The molecular formula is C16H19N5O2. The molecule has 0 unspecified atom stereocenters. The number of rotatable bonds is 1. The van der Waals surface area contributed by atoms with Gasteiger partial charge in [0.1, 0.15) is 11.6 Å². The Labute approximate surface area is 133 Å². The molecule has 2 amide bonds. The monoisotopic (exact) mass is 313 g/mol. The second-order valence-electron chi connectivity index (χ2n) is 6.32. The molecule has 2 aliphatic rings. The minimum absolute atomic E-state index is 0.0550. The van der Waals surface area contributed by atoms with Crippen LogP contribution in [0.15, 0.2) is 18.3 Å². The maximum absolute atomic E-state index is 13.1. The van der Waals surface area contributed by atoms with Crippen LogP contribution in [-0.2, 0) is 4.79 Å². The van der Waals surface area contributed by atoms with E-state index in [0.29, 0.717) is 23.3 Å². The lowest BCUT2D eigenvalue weighted by Crippen LogP contribution is -2.60. The van der Waals surface area contributed by atoms with Gasteiger partial charge in [0, 0.05) is 25.3 Å². The smallest absolute Gasteiger partial charge is 0.258 e. The molecule has 7 heteroatoms. The molecule has 2 saturated heterocycles. The van der Waals surface area contributed by atoms with Crippen molar-refractivity contribution in [2.24, 2.45) is 0 Å². The van der Waals surface area contributed by atoms with E-state index in [1.807, 2.05) is 17.9 Å². The SMILES string of the molecule is Cc1nn2ncccc2c1C(=O)N1C[C@H]2CCCN2C(=O)[C@H]1C. The number of hydrogen-bond donors (Lipinski definition) is 0. The summed E-state index contributed by atoms with van der Waals surface area (Å²) >= 11 is 0. The van der Waals surface area contributed by atoms with E-state index in [1.165, 1.54) is 4.63 Å². The summed E-state index contributed by atoms with van der Waals surface area (Å²) < 4.78 is 1.47. The summed E-state index contributed by atoms with van der Waals surface area (Å²) in [5.74, 6) is -0.0720. The van der Waals surface area contributed by atoms with Gasteiger partial charge in [0.2, 0.25) is 5.91 Å². The standard InChI is InChI=1S/C16H19N5O2/c1-10-14(13-6-3-7-17-21(13)18-10)16(23)20-9-12-5-4-8-19(12)15(22)11(20)2/h3,6-7,11-12H,4-5,8-9H2,1-2H3/t11-,12-/m1/s1. The van der Waals surface area contributed by atoms with Gasteiger partial charge in [-0.05, 0) is 38.8 Å². The van der Waals surface area contributed by atoms with Crippen molar-refractivity contribution in [2.45, 2.75) is 38.8 Å². The Morgan fingerprint density at radius 2 is 2.22 bits per heavy atom. The second-order valence-corrected chi connectivity index (χ2v) is 6.32. The van der Waals surface area contributed by atoms with Crippen LogP contribution in [0.4, 0.5) is 0 Å². The lowest BCUT2D eigenvalue weighted by Gasteiger charge is -2.41. The van der Waals surface area contributed by atoms with E-state index in [4.69, 9.17) is 0 Å². The molecule has 23 heavy (non-hydrogen) atoms. The van der Waals surface area contributed by atoms with Crippen LogP contribution in [0.2, 0.25) is 0 Å². The average molecular weight is 313 g/mol. The maximum atomic E-state index is 13.1. The Hall–Kier alpha value is -2.44. The number of aromatic nitrogens is 3. The summed E-state index contributed by atoms with van der Waals surface area (Å²) in [4.78, 5) is 29.3. The van der Waals surface area contributed by atoms with Crippen molar-refractivity contribution in [3.8, 4) is 0 Å². The number of fused-ring (bicyclic) bond motifs is 2. The highest BCUT2D eigenvalue weighted by Gasteiger charge is 2.43. The number of amides is 2. The van der Waals surface area contributed by atoms with Crippen molar-refractivity contribution in [3.63, 3.8) is 0 Å². The fraction of sp³-hybridized carbons (Fsp3) is 0.500. The molecule has 2 atom stereocenters. The van der Waals surface area contributed by atoms with Gasteiger partial charge in [0.15, 0.2) is 0 Å². The Morgan fingerprint density at radius 1 is 1.39 bits per heavy atom. The Kier molecular flexibility index (Phi) is 3.11. The molecule has 2 fully saturated rings. The third-order valence-corrected chi connectivity index (χ3v) is 4.96. The molecule has 4 rings (SSSR count). The lowest BCUT2D eigenvalue weighted by atomic mass is 10.0. The first-order valence-electron chi connectivity index (χ1n) is 8.00. The summed E-state index contributed by atoms with van der Waals surface area (Å²) in [5.41, 5.74) is 1.87. The number of carbonyl (C=O) groups is 2. The molecule has 2 aliphatic heterocycles. The lowest BCUT2D eigenvalue weighted by molar-refractivity contribution is -0.141. The molecule has 0 saturated carbocycles. The van der Waals surface area contributed by atoms with Crippen LogP contribution in [0, 0.1) is 6.92 Å². The first kappa shape index (κ1) is 14.2. The Morgan fingerprint density at radius 3 is 3.04 bits per heavy atom. The van der Waals surface area contributed by atoms with Gasteiger partial charge in [-0.25, -0.2) is 0 Å². The van der Waals surface area contributed by atoms with Gasteiger partial charge in [-0.1, -0.05) is 0 Å². The highest BCUT2D eigenvalue weighted by Crippen LogP contribution is 2.28. The van der Waals surface area contributed by atoms with E-state index in [9.17, 15) is 9.59 Å². The first-order valence-corrected chi connectivity index (χ1v) is 8.00. The van der Waals surface area contributed by atoms with E-state index in [0.717, 1.165) is 19.4 Å². The van der Waals surface area contributed by atoms with Crippen LogP contribution in [0.3, 0.4) is 0 Å². The summed E-state index contributed by atoms with van der Waals surface area (Å²) in [6.45, 7) is 5.03. The summed E-state index contributed by atoms with van der Waals surface area (Å²) in [5, 5.41) is 8.44. The van der Waals surface area contributed by atoms with Crippen molar-refractivity contribution >= 4 is 17.3 Å². The zero-order valence-corrected chi connectivity index (χ0v) is 13.3. The van der Waals surface area contributed by atoms with Crippen molar-refractivity contribution in [1.82, 2.24) is 24.6 Å². The van der Waals surface area contributed by atoms with Gasteiger partial charge < -0.3 is 9.80 Å². The van der Waals surface area contributed by atoms with E-state index in [1.54, 1.807) is 24.1 Å². The van der Waals surface area contributed by atoms with E-state index in [-0.39, 0.29) is 17.9 Å². The predicted molar refractivity (Wildman–Crippen MR) is 83.0 cm³/mol. The molecular weight excluding hydrogens is 294 g/mol. The molecule has 0 N–H and O–H groups in total. The maximum Gasteiger partial charge on any atom is 0.258 e. The minimum atomic E-state index is -0.428. The van der Waals surface area contributed by atoms with Gasteiger partial charge in [0.05, 0.1) is 11.3 Å². The highest BCUT2D eigenvalue weighted by atomic mass is 16.2. The van der Waals surface area contributed by atoms with Crippen molar-refractivity contribution in [2.75, 3.05) is 13.1 Å². The van der Waals surface area contributed by atoms with Crippen LogP contribution in [-0.4, -0.2) is 61.6 Å². The molecule has 2 aromatic rings. The number of aryl methyl sites for hydroxylation is 1. The van der Waals surface area contributed by atoms with E-state index in [2.05, 4.69) is 10.2 Å². The third kappa shape index (κ3) is 2.03. The molecule has 0 bridgehead atoms. The number of piperazine rings is 1. The molecule has 0 spiro atoms. The van der Waals surface area contributed by atoms with Crippen molar-refractivity contribution < 1.29 is 9.59 Å². The van der Waals surface area contributed by atoms with Crippen molar-refractivity contribution in [3.05, 3.63) is 29.6 Å². The molecule has 4 heterocycles. The fourth-order valence-corrected chi connectivity index (χ4v) is 3.75. The van der Waals surface area contributed by atoms with Crippen LogP contribution in [0.1, 0.15) is 35.8 Å². The largest absolute Gasteiger partial charge is 0.336 e. The van der Waals surface area contributed by atoms with Crippen LogP contribution >= 0.6 is 0 Å². The number of hydrogen-bond acceptors (Lipinski definition) is 4. The average Bonchev–Trinajstić information content (AvgIpc) is 3.13.